The number of ketones is 3. The monoisotopic (exact) mass is 340 g/mol. The second kappa shape index (κ2) is 8.24. The Kier molecular flexibility index (Phi) is 6.62. The van der Waals surface area contributed by atoms with E-state index in [0.29, 0.717) is 11.3 Å². The zero-order valence-electron chi connectivity index (χ0n) is 15.3. The van der Waals surface area contributed by atoms with Crippen LogP contribution < -0.4 is 11.5 Å². The summed E-state index contributed by atoms with van der Waals surface area (Å²) in [6.07, 6.45) is 0. The van der Waals surface area contributed by atoms with Gasteiger partial charge in [-0.15, -0.1) is 0 Å². The van der Waals surface area contributed by atoms with Gasteiger partial charge in [-0.1, -0.05) is 12.1 Å². The number of nitrogens with two attached hydrogens (primary N) is 2. The van der Waals surface area contributed by atoms with Crippen LogP contribution in [0, 0.1) is 13.8 Å². The van der Waals surface area contributed by atoms with E-state index < -0.39 is 0 Å². The van der Waals surface area contributed by atoms with E-state index in [1.807, 2.05) is 44.2 Å². The van der Waals surface area contributed by atoms with Crippen LogP contribution in [-0.2, 0) is 9.59 Å². The summed E-state index contributed by atoms with van der Waals surface area (Å²) in [6, 6.07) is 9.51. The van der Waals surface area contributed by atoms with Crippen molar-refractivity contribution in [3.05, 3.63) is 47.0 Å². The maximum atomic E-state index is 11.9. The van der Waals surface area contributed by atoms with Crippen molar-refractivity contribution in [3.8, 4) is 11.1 Å². The minimum Gasteiger partial charge on any atom is -0.399 e. The number of aryl methyl sites for hydroxylation is 1. The number of carbonyl (C=O) groups is 3. The Labute approximate surface area is 148 Å². The molecule has 0 radical (unpaired) electrons. The number of hydrogen-bond donors (Lipinski definition) is 2. The van der Waals surface area contributed by atoms with Crippen LogP contribution >= 0.6 is 0 Å². The summed E-state index contributed by atoms with van der Waals surface area (Å²) in [5.74, 6) is -0.737. The third kappa shape index (κ3) is 5.01. The first-order valence-electron chi connectivity index (χ1n) is 7.84. The molecule has 0 unspecified atom stereocenters. The molecule has 0 saturated carbocycles. The lowest BCUT2D eigenvalue weighted by molar-refractivity contribution is -0.134. The van der Waals surface area contributed by atoms with Gasteiger partial charge in [-0.25, -0.2) is 0 Å². The molecule has 4 N–H and O–H groups in total. The summed E-state index contributed by atoms with van der Waals surface area (Å²) in [5, 5.41) is 0. The van der Waals surface area contributed by atoms with Gasteiger partial charge in [0.1, 0.15) is 0 Å². The van der Waals surface area contributed by atoms with Crippen LogP contribution in [0.1, 0.15) is 42.3 Å². The second-order valence-electron chi connectivity index (χ2n) is 5.94. The maximum absolute atomic E-state index is 11.9. The van der Waals surface area contributed by atoms with Crippen LogP contribution in [0.5, 0.6) is 0 Å². The molecule has 0 aliphatic carbocycles. The fourth-order valence-corrected chi connectivity index (χ4v) is 2.27. The molecule has 0 atom stereocenters. The van der Waals surface area contributed by atoms with E-state index in [9.17, 15) is 14.4 Å². The summed E-state index contributed by atoms with van der Waals surface area (Å²) in [6.45, 7) is 7.90. The zero-order valence-corrected chi connectivity index (χ0v) is 15.3. The summed E-state index contributed by atoms with van der Waals surface area (Å²) in [7, 11) is 0. The van der Waals surface area contributed by atoms with Gasteiger partial charge >= 0.3 is 0 Å². The lowest BCUT2D eigenvalue weighted by Crippen LogP contribution is -2.03. The predicted octanol–water partition coefficient (Wildman–Crippen LogP) is 3.50. The van der Waals surface area contributed by atoms with E-state index in [2.05, 4.69) is 0 Å². The van der Waals surface area contributed by atoms with Crippen LogP contribution in [0.25, 0.3) is 11.1 Å². The van der Waals surface area contributed by atoms with E-state index in [0.717, 1.165) is 27.9 Å². The molecule has 132 valence electrons. The van der Waals surface area contributed by atoms with Crippen molar-refractivity contribution in [1.29, 1.82) is 0 Å². The van der Waals surface area contributed by atoms with Crippen LogP contribution in [0.15, 0.2) is 30.3 Å². The fraction of sp³-hybridized carbons (Fsp3) is 0.250. The first kappa shape index (κ1) is 20.1. The van der Waals surface area contributed by atoms with E-state index in [4.69, 9.17) is 11.5 Å². The highest BCUT2D eigenvalue weighted by Gasteiger charge is 2.14. The summed E-state index contributed by atoms with van der Waals surface area (Å²) in [4.78, 5) is 31.5. The van der Waals surface area contributed by atoms with Crippen molar-refractivity contribution in [2.45, 2.75) is 34.6 Å². The number of nitrogen functional groups attached to an aromatic ring is 2. The van der Waals surface area contributed by atoms with Crippen LogP contribution in [0.3, 0.4) is 0 Å². The minimum absolute atomic E-state index is 0.0225. The van der Waals surface area contributed by atoms with Crippen molar-refractivity contribution >= 4 is 28.7 Å². The Morgan fingerprint density at radius 1 is 0.800 bits per heavy atom. The maximum Gasteiger partial charge on any atom is 0.195 e. The molecular formula is C20H24N2O3. The quantitative estimate of drug-likeness (QED) is 0.505. The predicted molar refractivity (Wildman–Crippen MR) is 102 cm³/mol. The van der Waals surface area contributed by atoms with Gasteiger partial charge in [-0.3, -0.25) is 14.4 Å². The van der Waals surface area contributed by atoms with Crippen LogP contribution in [-0.4, -0.2) is 17.3 Å². The zero-order chi connectivity index (χ0) is 19.3. The molecule has 0 bridgehead atoms. The third-order valence-corrected chi connectivity index (χ3v) is 3.94. The number of anilines is 2. The molecule has 2 aromatic carbocycles. The minimum atomic E-state index is -0.380. The number of hydrogen-bond acceptors (Lipinski definition) is 5. The lowest BCUT2D eigenvalue weighted by atomic mass is 9.92. The molecule has 0 fully saturated rings. The molecule has 0 aromatic heterocycles. The first-order valence-corrected chi connectivity index (χ1v) is 7.84. The van der Waals surface area contributed by atoms with Crippen molar-refractivity contribution in [1.82, 2.24) is 0 Å². The smallest absolute Gasteiger partial charge is 0.195 e. The third-order valence-electron chi connectivity index (χ3n) is 3.94. The normalized spacial score (nSPS) is 9.80. The van der Waals surface area contributed by atoms with Gasteiger partial charge in [0.25, 0.3) is 0 Å². The number of rotatable bonds is 3. The van der Waals surface area contributed by atoms with Crippen molar-refractivity contribution in [2.24, 2.45) is 0 Å². The van der Waals surface area contributed by atoms with Gasteiger partial charge < -0.3 is 11.5 Å². The van der Waals surface area contributed by atoms with Crippen LogP contribution in [0.2, 0.25) is 0 Å². The number of Topliss-reactive ketones (excluding diaryl/α,β-unsaturated/α-hetero) is 3. The molecule has 0 amide bonds. The lowest BCUT2D eigenvalue weighted by Gasteiger charge is -2.13. The summed E-state index contributed by atoms with van der Waals surface area (Å²) < 4.78 is 0. The highest BCUT2D eigenvalue weighted by molar-refractivity contribution is 6.35. The van der Waals surface area contributed by atoms with Gasteiger partial charge in [0.05, 0.1) is 0 Å². The molecule has 5 nitrogen and oxygen atoms in total. The van der Waals surface area contributed by atoms with Gasteiger partial charge in [0, 0.05) is 30.8 Å². The molecule has 0 aliphatic heterocycles. The Bertz CT molecular complexity index is 827. The number of benzene rings is 2. The molecule has 0 aliphatic rings. The SMILES string of the molecule is CC(=O)C(C)=O.CC(=O)c1c(-c2ccc(N)c(C)c2)ccc(N)c1C. The molecule has 5 heteroatoms. The molecule has 2 aromatic rings. The van der Waals surface area contributed by atoms with Crippen molar-refractivity contribution in [3.63, 3.8) is 0 Å². The van der Waals surface area contributed by atoms with Gasteiger partial charge in [-0.05, 0) is 61.2 Å². The molecule has 2 rings (SSSR count). The largest absolute Gasteiger partial charge is 0.399 e. The first-order chi connectivity index (χ1) is 11.6. The Hall–Kier alpha value is -2.95. The molecule has 0 spiro atoms. The molecule has 0 saturated heterocycles. The van der Waals surface area contributed by atoms with Crippen LogP contribution in [0.4, 0.5) is 11.4 Å². The fourth-order valence-electron chi connectivity index (χ4n) is 2.27. The second-order valence-corrected chi connectivity index (χ2v) is 5.94. The van der Waals surface area contributed by atoms with E-state index in [1.165, 1.54) is 13.8 Å². The van der Waals surface area contributed by atoms with Gasteiger partial charge in [0.15, 0.2) is 17.3 Å². The van der Waals surface area contributed by atoms with Crippen molar-refractivity contribution in [2.75, 3.05) is 11.5 Å². The van der Waals surface area contributed by atoms with E-state index in [-0.39, 0.29) is 17.3 Å². The summed E-state index contributed by atoms with van der Waals surface area (Å²) in [5.41, 5.74) is 17.5. The Morgan fingerprint density at radius 2 is 1.32 bits per heavy atom. The van der Waals surface area contributed by atoms with Gasteiger partial charge in [0.2, 0.25) is 0 Å². The highest BCUT2D eigenvalue weighted by Crippen LogP contribution is 2.31. The summed E-state index contributed by atoms with van der Waals surface area (Å²) >= 11 is 0. The Balaban J connectivity index is 0.000000450. The standard InChI is InChI=1S/C16H18N2O.C4H6O2/c1-9-8-12(4-6-14(9)17)13-5-7-15(18)10(2)16(13)11(3)19;1-3(5)4(2)6/h4-8H,17-18H2,1-3H3;1-2H3. The highest BCUT2D eigenvalue weighted by atomic mass is 16.2. The molecule has 0 heterocycles. The average molecular weight is 340 g/mol. The van der Waals surface area contributed by atoms with Gasteiger partial charge in [-0.2, -0.15) is 0 Å². The molecule has 25 heavy (non-hydrogen) atoms. The molecular weight excluding hydrogens is 316 g/mol. The average Bonchev–Trinajstić information content (AvgIpc) is 2.52. The van der Waals surface area contributed by atoms with E-state index >= 15 is 0 Å². The number of carbonyl (C=O) groups excluding carboxylic acids is 3. The van der Waals surface area contributed by atoms with E-state index in [1.54, 1.807) is 6.92 Å². The topological polar surface area (TPSA) is 103 Å². The van der Waals surface area contributed by atoms with Crippen molar-refractivity contribution < 1.29 is 14.4 Å². The Morgan fingerprint density at radius 3 is 1.76 bits per heavy atom.